The molecule has 0 aliphatic rings. The minimum Gasteiger partial charge on any atom is -0.493 e. The van der Waals surface area contributed by atoms with E-state index in [1.165, 1.54) is 12.4 Å². The van der Waals surface area contributed by atoms with Crippen LogP contribution in [-0.4, -0.2) is 38.4 Å². The summed E-state index contributed by atoms with van der Waals surface area (Å²) in [6, 6.07) is 7.88. The van der Waals surface area contributed by atoms with E-state index >= 15 is 0 Å². The molecule has 4 rings (SSSR count). The molecule has 4 aromatic rings. The van der Waals surface area contributed by atoms with Crippen molar-refractivity contribution in [1.29, 1.82) is 0 Å². The van der Waals surface area contributed by atoms with Crippen LogP contribution in [0.25, 0.3) is 10.9 Å². The van der Waals surface area contributed by atoms with Gasteiger partial charge in [-0.2, -0.15) is 0 Å². The Morgan fingerprint density at radius 1 is 1.10 bits per heavy atom. The molecule has 10 heteroatoms. The Morgan fingerprint density at radius 2 is 1.93 bits per heavy atom. The largest absolute Gasteiger partial charge is 0.493 e. The highest BCUT2D eigenvalue weighted by atomic mass is 35.5. The van der Waals surface area contributed by atoms with Crippen molar-refractivity contribution in [3.8, 4) is 11.5 Å². The second kappa shape index (κ2) is 8.27. The Hall–Kier alpha value is -3.46. The Bertz CT molecular complexity index is 1140. The van der Waals surface area contributed by atoms with Crippen molar-refractivity contribution in [1.82, 2.24) is 24.7 Å². The van der Waals surface area contributed by atoms with E-state index in [0.29, 0.717) is 46.4 Å². The summed E-state index contributed by atoms with van der Waals surface area (Å²) in [5.41, 5.74) is 0.875. The smallest absolute Gasteiger partial charge is 0.163 e. The summed E-state index contributed by atoms with van der Waals surface area (Å²) in [5, 5.41) is 11.5. The summed E-state index contributed by atoms with van der Waals surface area (Å²) >= 11 is 5.81. The number of fused-ring (bicyclic) bond motifs is 1. The van der Waals surface area contributed by atoms with Gasteiger partial charge in [-0.3, -0.25) is 0 Å². The third-order valence-electron chi connectivity index (χ3n) is 4.18. The number of halogens is 2. The number of rotatable bonds is 7. The summed E-state index contributed by atoms with van der Waals surface area (Å²) in [7, 11) is 1.55. The van der Waals surface area contributed by atoms with Gasteiger partial charge in [0.2, 0.25) is 0 Å². The van der Waals surface area contributed by atoms with Crippen molar-refractivity contribution >= 4 is 34.0 Å². The standard InChI is InChI=1S/C19H16ClFN6O2/c1-28-17-7-13-16(8-18(17)29-5-4-27-10-24-25-11-27)22-9-23-19(13)26-15-3-2-12(20)6-14(15)21/h2-3,6-11H,4-5H2,1H3,(H,22,23,26). The number of benzene rings is 2. The summed E-state index contributed by atoms with van der Waals surface area (Å²) in [6.07, 6.45) is 4.62. The lowest BCUT2D eigenvalue weighted by Gasteiger charge is -2.14. The van der Waals surface area contributed by atoms with Gasteiger partial charge in [0.25, 0.3) is 0 Å². The molecule has 2 heterocycles. The Balaban J connectivity index is 1.62. The first-order valence-electron chi connectivity index (χ1n) is 8.64. The van der Waals surface area contributed by atoms with E-state index in [2.05, 4.69) is 25.5 Å². The molecule has 0 fully saturated rings. The van der Waals surface area contributed by atoms with E-state index in [1.54, 1.807) is 48.6 Å². The van der Waals surface area contributed by atoms with Gasteiger partial charge in [-0.1, -0.05) is 11.6 Å². The van der Waals surface area contributed by atoms with Crippen molar-refractivity contribution < 1.29 is 13.9 Å². The lowest BCUT2D eigenvalue weighted by Crippen LogP contribution is -2.07. The lowest BCUT2D eigenvalue weighted by molar-refractivity contribution is 0.280. The lowest BCUT2D eigenvalue weighted by atomic mass is 10.2. The molecule has 0 amide bonds. The number of hydrogen-bond acceptors (Lipinski definition) is 7. The van der Waals surface area contributed by atoms with Gasteiger partial charge in [0, 0.05) is 16.5 Å². The number of nitrogens with one attached hydrogen (secondary N) is 1. The second-order valence-corrected chi connectivity index (χ2v) is 6.48. The molecule has 0 saturated carbocycles. The van der Waals surface area contributed by atoms with E-state index in [1.807, 2.05) is 0 Å². The molecule has 0 atom stereocenters. The Morgan fingerprint density at radius 3 is 2.69 bits per heavy atom. The molecule has 0 radical (unpaired) electrons. The van der Waals surface area contributed by atoms with Gasteiger partial charge < -0.3 is 19.4 Å². The summed E-state index contributed by atoms with van der Waals surface area (Å²) in [5.74, 6) is 1.00. The van der Waals surface area contributed by atoms with Crippen LogP contribution in [0, 0.1) is 5.82 Å². The predicted octanol–water partition coefficient (Wildman–Crippen LogP) is 3.85. The van der Waals surface area contributed by atoms with E-state index in [9.17, 15) is 4.39 Å². The summed E-state index contributed by atoms with van der Waals surface area (Å²) in [6.45, 7) is 0.979. The van der Waals surface area contributed by atoms with Crippen LogP contribution in [0.5, 0.6) is 11.5 Å². The zero-order valence-electron chi connectivity index (χ0n) is 15.3. The van der Waals surface area contributed by atoms with E-state index in [4.69, 9.17) is 21.1 Å². The SMILES string of the molecule is COc1cc2c(Nc3ccc(Cl)cc3F)ncnc2cc1OCCn1cnnc1. The normalized spacial score (nSPS) is 10.9. The van der Waals surface area contributed by atoms with Gasteiger partial charge in [0.05, 0.1) is 24.9 Å². The van der Waals surface area contributed by atoms with E-state index < -0.39 is 5.82 Å². The Kier molecular flexibility index (Phi) is 5.39. The average molecular weight is 415 g/mol. The van der Waals surface area contributed by atoms with Crippen molar-refractivity contribution in [2.24, 2.45) is 0 Å². The molecule has 0 unspecified atom stereocenters. The third kappa shape index (κ3) is 4.19. The molecule has 0 aliphatic heterocycles. The van der Waals surface area contributed by atoms with Crippen LogP contribution in [0.3, 0.4) is 0 Å². The van der Waals surface area contributed by atoms with Gasteiger partial charge >= 0.3 is 0 Å². The highest BCUT2D eigenvalue weighted by Gasteiger charge is 2.13. The summed E-state index contributed by atoms with van der Waals surface area (Å²) in [4.78, 5) is 8.52. The monoisotopic (exact) mass is 414 g/mol. The first kappa shape index (κ1) is 18.9. The zero-order chi connectivity index (χ0) is 20.2. The van der Waals surface area contributed by atoms with Gasteiger partial charge in [-0.15, -0.1) is 10.2 Å². The highest BCUT2D eigenvalue weighted by molar-refractivity contribution is 6.30. The molecule has 0 bridgehead atoms. The van der Waals surface area contributed by atoms with Crippen LogP contribution in [0.2, 0.25) is 5.02 Å². The Labute approximate surface area is 170 Å². The number of aromatic nitrogens is 5. The number of methoxy groups -OCH3 is 1. The second-order valence-electron chi connectivity index (χ2n) is 6.04. The van der Waals surface area contributed by atoms with Crippen LogP contribution < -0.4 is 14.8 Å². The minimum absolute atomic E-state index is 0.252. The third-order valence-corrected chi connectivity index (χ3v) is 4.41. The molecule has 2 aromatic carbocycles. The van der Waals surface area contributed by atoms with E-state index in [-0.39, 0.29) is 5.69 Å². The van der Waals surface area contributed by atoms with Crippen LogP contribution >= 0.6 is 11.6 Å². The fourth-order valence-corrected chi connectivity index (χ4v) is 2.91. The molecule has 148 valence electrons. The first-order chi connectivity index (χ1) is 14.1. The molecule has 0 saturated heterocycles. The van der Waals surface area contributed by atoms with Crippen molar-refractivity contribution in [3.05, 3.63) is 60.2 Å². The molecular formula is C19H16ClFN6O2. The van der Waals surface area contributed by atoms with E-state index in [0.717, 1.165) is 0 Å². The predicted molar refractivity (Wildman–Crippen MR) is 106 cm³/mol. The molecule has 0 spiro atoms. The zero-order valence-corrected chi connectivity index (χ0v) is 16.1. The van der Waals surface area contributed by atoms with Gasteiger partial charge in [-0.25, -0.2) is 14.4 Å². The van der Waals surface area contributed by atoms with Crippen LogP contribution in [0.1, 0.15) is 0 Å². The molecule has 2 aromatic heterocycles. The molecule has 29 heavy (non-hydrogen) atoms. The minimum atomic E-state index is -0.481. The van der Waals surface area contributed by atoms with Crippen molar-refractivity contribution in [2.45, 2.75) is 6.54 Å². The maximum atomic E-state index is 14.2. The quantitative estimate of drug-likeness (QED) is 0.491. The molecular weight excluding hydrogens is 399 g/mol. The maximum absolute atomic E-state index is 14.2. The highest BCUT2D eigenvalue weighted by Crippen LogP contribution is 2.35. The van der Waals surface area contributed by atoms with Crippen LogP contribution in [0.15, 0.2) is 49.3 Å². The van der Waals surface area contributed by atoms with Crippen LogP contribution in [-0.2, 0) is 6.54 Å². The van der Waals surface area contributed by atoms with Gasteiger partial charge in [0.1, 0.15) is 37.2 Å². The van der Waals surface area contributed by atoms with Crippen molar-refractivity contribution in [3.63, 3.8) is 0 Å². The maximum Gasteiger partial charge on any atom is 0.163 e. The molecule has 0 aliphatic carbocycles. The van der Waals surface area contributed by atoms with Gasteiger partial charge in [0.15, 0.2) is 11.5 Å². The summed E-state index contributed by atoms with van der Waals surface area (Å²) < 4.78 is 27.3. The number of nitrogens with zero attached hydrogens (tertiary/aromatic N) is 5. The fraction of sp³-hybridized carbons (Fsp3) is 0.158. The number of ether oxygens (including phenoxy) is 2. The van der Waals surface area contributed by atoms with Crippen molar-refractivity contribution in [2.75, 3.05) is 19.0 Å². The number of anilines is 2. The molecule has 1 N–H and O–H groups in total. The number of hydrogen-bond donors (Lipinski definition) is 1. The van der Waals surface area contributed by atoms with Crippen LogP contribution in [0.4, 0.5) is 15.9 Å². The average Bonchev–Trinajstić information content (AvgIpc) is 3.23. The molecule has 8 nitrogen and oxygen atoms in total. The van der Waals surface area contributed by atoms with Gasteiger partial charge in [-0.05, 0) is 24.3 Å². The fourth-order valence-electron chi connectivity index (χ4n) is 2.75. The first-order valence-corrected chi connectivity index (χ1v) is 9.02. The topological polar surface area (TPSA) is 87.0 Å².